The van der Waals surface area contributed by atoms with Crippen LogP contribution in [0.5, 0.6) is 5.75 Å². The molecule has 0 aliphatic heterocycles. The third-order valence-corrected chi connectivity index (χ3v) is 7.78. The van der Waals surface area contributed by atoms with E-state index in [4.69, 9.17) is 4.52 Å². The predicted molar refractivity (Wildman–Crippen MR) is 111 cm³/mol. The lowest BCUT2D eigenvalue weighted by Crippen LogP contribution is -2.19. The van der Waals surface area contributed by atoms with Gasteiger partial charge < -0.3 is 4.52 Å². The fourth-order valence-corrected chi connectivity index (χ4v) is 5.08. The van der Waals surface area contributed by atoms with Crippen molar-refractivity contribution < 1.29 is 4.52 Å². The SMILES string of the molecule is CCC(C)P(Oc1ccc(C(C)(C)C)cc1C(C)(C)C)C(C)CC. The molecule has 0 aromatic heterocycles. The average molecular weight is 351 g/mol. The molecule has 138 valence electrons. The van der Waals surface area contributed by atoms with E-state index in [-0.39, 0.29) is 10.8 Å². The van der Waals surface area contributed by atoms with Gasteiger partial charge >= 0.3 is 0 Å². The lowest BCUT2D eigenvalue weighted by Gasteiger charge is -2.33. The zero-order chi connectivity index (χ0) is 18.7. The van der Waals surface area contributed by atoms with Crippen LogP contribution in [-0.4, -0.2) is 11.3 Å². The first-order valence-corrected chi connectivity index (χ1v) is 10.9. The molecule has 0 saturated heterocycles. The molecule has 0 bridgehead atoms. The summed E-state index contributed by atoms with van der Waals surface area (Å²) in [6, 6.07) is 6.85. The number of hydrogen-bond donors (Lipinski definition) is 0. The van der Waals surface area contributed by atoms with Crippen LogP contribution in [0, 0.1) is 0 Å². The van der Waals surface area contributed by atoms with Gasteiger partial charge in [-0.3, -0.25) is 0 Å². The molecule has 1 aromatic carbocycles. The Labute approximate surface area is 152 Å². The quantitative estimate of drug-likeness (QED) is 0.479. The normalized spacial score (nSPS) is 16.6. The first kappa shape index (κ1) is 21.5. The van der Waals surface area contributed by atoms with Crippen LogP contribution >= 0.6 is 8.15 Å². The molecule has 24 heavy (non-hydrogen) atoms. The van der Waals surface area contributed by atoms with Crippen LogP contribution in [0.15, 0.2) is 18.2 Å². The summed E-state index contributed by atoms with van der Waals surface area (Å²) in [5.74, 6) is 1.10. The molecule has 1 rings (SSSR count). The molecule has 0 radical (unpaired) electrons. The summed E-state index contributed by atoms with van der Waals surface area (Å²) in [5, 5.41) is 0. The Morgan fingerprint density at radius 1 is 0.875 bits per heavy atom. The minimum Gasteiger partial charge on any atom is -0.473 e. The Balaban J connectivity index is 3.31. The molecule has 0 aliphatic rings. The maximum atomic E-state index is 6.71. The Morgan fingerprint density at radius 2 is 1.38 bits per heavy atom. The van der Waals surface area contributed by atoms with Gasteiger partial charge in [-0.25, -0.2) is 0 Å². The minimum absolute atomic E-state index is 0.0858. The van der Waals surface area contributed by atoms with Crippen molar-refractivity contribution in [2.45, 2.75) is 104 Å². The van der Waals surface area contributed by atoms with E-state index in [0.29, 0.717) is 11.3 Å². The highest BCUT2D eigenvalue weighted by molar-refractivity contribution is 7.54. The van der Waals surface area contributed by atoms with Crippen LogP contribution < -0.4 is 4.52 Å². The topological polar surface area (TPSA) is 9.23 Å². The zero-order valence-electron chi connectivity index (χ0n) is 17.7. The van der Waals surface area contributed by atoms with Gasteiger partial charge in [0.2, 0.25) is 0 Å². The monoisotopic (exact) mass is 350 g/mol. The molecule has 2 atom stereocenters. The Morgan fingerprint density at radius 3 is 1.75 bits per heavy atom. The predicted octanol–water partition coefficient (Wildman–Crippen LogP) is 7.65. The van der Waals surface area contributed by atoms with Gasteiger partial charge in [0.15, 0.2) is 0 Å². The van der Waals surface area contributed by atoms with Crippen LogP contribution in [0.3, 0.4) is 0 Å². The van der Waals surface area contributed by atoms with E-state index in [1.165, 1.54) is 24.0 Å². The summed E-state index contributed by atoms with van der Waals surface area (Å²) < 4.78 is 6.71. The highest BCUT2D eigenvalue weighted by Crippen LogP contribution is 2.51. The van der Waals surface area contributed by atoms with E-state index in [0.717, 1.165) is 5.75 Å². The molecular formula is C22H39OP. The molecule has 0 saturated carbocycles. The molecular weight excluding hydrogens is 311 g/mol. The van der Waals surface area contributed by atoms with Crippen LogP contribution in [0.25, 0.3) is 0 Å². The molecule has 0 fully saturated rings. The summed E-state index contributed by atoms with van der Waals surface area (Å²) >= 11 is 0. The van der Waals surface area contributed by atoms with E-state index in [2.05, 4.69) is 87.4 Å². The lowest BCUT2D eigenvalue weighted by molar-refractivity contribution is 0.517. The van der Waals surface area contributed by atoms with E-state index in [1.807, 2.05) is 0 Å². The van der Waals surface area contributed by atoms with E-state index in [9.17, 15) is 0 Å². The maximum Gasteiger partial charge on any atom is 0.127 e. The maximum absolute atomic E-state index is 6.71. The van der Waals surface area contributed by atoms with Gasteiger partial charge in [-0.1, -0.05) is 81.4 Å². The molecule has 2 unspecified atom stereocenters. The highest BCUT2D eigenvalue weighted by atomic mass is 31.1. The van der Waals surface area contributed by atoms with Gasteiger partial charge in [-0.2, -0.15) is 0 Å². The van der Waals surface area contributed by atoms with Crippen molar-refractivity contribution in [3.63, 3.8) is 0 Å². The molecule has 0 aliphatic carbocycles. The van der Waals surface area contributed by atoms with Crippen LogP contribution in [0.2, 0.25) is 0 Å². The van der Waals surface area contributed by atoms with E-state index >= 15 is 0 Å². The fourth-order valence-electron chi connectivity index (χ4n) is 2.75. The van der Waals surface area contributed by atoms with Crippen LogP contribution in [0.4, 0.5) is 0 Å². The molecule has 1 nitrogen and oxygen atoms in total. The summed E-state index contributed by atoms with van der Waals surface area (Å²) in [6.07, 6.45) is 2.36. The van der Waals surface area contributed by atoms with Crippen molar-refractivity contribution in [3.05, 3.63) is 29.3 Å². The molecule has 0 spiro atoms. The summed E-state index contributed by atoms with van der Waals surface area (Å²) in [5.41, 5.74) is 4.24. The van der Waals surface area contributed by atoms with Crippen molar-refractivity contribution >= 4 is 8.15 Å². The zero-order valence-corrected chi connectivity index (χ0v) is 18.6. The standard InChI is InChI=1S/C22H39OP/c1-11-16(3)24(17(4)12-2)23-20-14-13-18(21(5,6)7)15-19(20)22(8,9)10/h13-17H,11-12H2,1-10H3. The molecule has 0 amide bonds. The summed E-state index contributed by atoms with van der Waals surface area (Å²) in [7, 11) is -0.461. The first-order chi connectivity index (χ1) is 10.9. The van der Waals surface area contributed by atoms with Gasteiger partial charge in [-0.05, 0) is 35.3 Å². The Bertz CT molecular complexity index is 512. The van der Waals surface area contributed by atoms with Crippen molar-refractivity contribution in [3.8, 4) is 5.75 Å². The van der Waals surface area contributed by atoms with Gasteiger partial charge in [0.05, 0.1) is 8.15 Å². The Hall–Kier alpha value is -0.550. The van der Waals surface area contributed by atoms with Crippen LogP contribution in [-0.2, 0) is 10.8 Å². The third kappa shape index (κ3) is 5.48. The van der Waals surface area contributed by atoms with Gasteiger partial charge in [0.25, 0.3) is 0 Å². The summed E-state index contributed by atoms with van der Waals surface area (Å²) in [6.45, 7) is 22.9. The minimum atomic E-state index is -0.461. The first-order valence-electron chi connectivity index (χ1n) is 9.53. The van der Waals surface area contributed by atoms with Crippen LogP contribution in [0.1, 0.15) is 93.2 Å². The van der Waals surface area contributed by atoms with Crippen molar-refractivity contribution in [1.82, 2.24) is 0 Å². The molecule has 2 heteroatoms. The summed E-state index contributed by atoms with van der Waals surface area (Å²) in [4.78, 5) is 0. The molecule has 0 N–H and O–H groups in total. The van der Waals surface area contributed by atoms with Crippen molar-refractivity contribution in [2.24, 2.45) is 0 Å². The number of rotatable bonds is 6. The van der Waals surface area contributed by atoms with Gasteiger partial charge in [-0.15, -0.1) is 0 Å². The van der Waals surface area contributed by atoms with Gasteiger partial charge in [0.1, 0.15) is 5.75 Å². The Kier molecular flexibility index (Phi) is 7.36. The number of hydrogen-bond acceptors (Lipinski definition) is 1. The van der Waals surface area contributed by atoms with Crippen molar-refractivity contribution in [1.29, 1.82) is 0 Å². The van der Waals surface area contributed by atoms with E-state index in [1.54, 1.807) is 0 Å². The second-order valence-electron chi connectivity index (χ2n) is 9.18. The second-order valence-corrected chi connectivity index (χ2v) is 11.8. The van der Waals surface area contributed by atoms with Gasteiger partial charge in [0, 0.05) is 16.9 Å². The largest absolute Gasteiger partial charge is 0.473 e. The second kappa shape index (κ2) is 8.22. The van der Waals surface area contributed by atoms with E-state index < -0.39 is 8.15 Å². The molecule has 0 heterocycles. The number of benzene rings is 1. The average Bonchev–Trinajstić information content (AvgIpc) is 2.49. The fraction of sp³-hybridized carbons (Fsp3) is 0.727. The smallest absolute Gasteiger partial charge is 0.127 e. The highest BCUT2D eigenvalue weighted by Gasteiger charge is 2.28. The van der Waals surface area contributed by atoms with Crippen molar-refractivity contribution in [2.75, 3.05) is 0 Å². The third-order valence-electron chi connectivity index (χ3n) is 4.91. The molecule has 1 aromatic rings. The lowest BCUT2D eigenvalue weighted by atomic mass is 9.80.